The van der Waals surface area contributed by atoms with Gasteiger partial charge < -0.3 is 5.11 Å². The van der Waals surface area contributed by atoms with Crippen molar-refractivity contribution in [1.82, 2.24) is 0 Å². The number of aryl methyl sites for hydroxylation is 2. The van der Waals surface area contributed by atoms with Crippen LogP contribution in [-0.4, -0.2) is 5.11 Å². The number of hydrogen-bond donors (Lipinski definition) is 1. The van der Waals surface area contributed by atoms with Crippen LogP contribution in [0.4, 0.5) is 22.0 Å². The lowest BCUT2D eigenvalue weighted by molar-refractivity contribution is 0.202. The molecule has 1 nitrogen and oxygen atoms in total. The van der Waals surface area contributed by atoms with Gasteiger partial charge in [-0.25, -0.2) is 22.0 Å². The Balaban J connectivity index is 2.67. The third-order valence-corrected chi connectivity index (χ3v) is 3.87. The Labute approximate surface area is 115 Å². The van der Waals surface area contributed by atoms with E-state index >= 15 is 0 Å². The molecule has 2 rings (SSSR count). The Kier molecular flexibility index (Phi) is 3.84. The molecule has 1 unspecified atom stereocenters. The third kappa shape index (κ3) is 2.20. The SMILES string of the molecule is Cc1cc(C(O)c2c(F)c(F)c(F)c(F)c2F)c(C)s1. The van der Waals surface area contributed by atoms with E-state index in [1.807, 2.05) is 0 Å². The fourth-order valence-corrected chi connectivity index (χ4v) is 2.90. The Morgan fingerprint density at radius 3 is 1.75 bits per heavy atom. The van der Waals surface area contributed by atoms with Crippen LogP contribution >= 0.6 is 11.3 Å². The summed E-state index contributed by atoms with van der Waals surface area (Å²) >= 11 is 1.25. The van der Waals surface area contributed by atoms with E-state index in [-0.39, 0.29) is 5.56 Å². The maximum absolute atomic E-state index is 13.6. The quantitative estimate of drug-likeness (QED) is 0.502. The number of aliphatic hydroxyl groups is 1. The predicted octanol–water partition coefficient (Wildman–Crippen LogP) is 4.14. The van der Waals surface area contributed by atoms with Gasteiger partial charge in [-0.05, 0) is 25.5 Å². The highest BCUT2D eigenvalue weighted by Crippen LogP contribution is 2.35. The van der Waals surface area contributed by atoms with Crippen LogP contribution in [0.5, 0.6) is 0 Å². The van der Waals surface area contributed by atoms with Crippen LogP contribution in [-0.2, 0) is 0 Å². The first kappa shape index (κ1) is 14.9. The summed E-state index contributed by atoms with van der Waals surface area (Å²) in [6, 6.07) is 1.45. The molecular formula is C13H9F5OS. The van der Waals surface area contributed by atoms with Crippen LogP contribution < -0.4 is 0 Å². The minimum Gasteiger partial charge on any atom is -0.383 e. The summed E-state index contributed by atoms with van der Waals surface area (Å²) in [6.07, 6.45) is -1.91. The smallest absolute Gasteiger partial charge is 0.200 e. The summed E-state index contributed by atoms with van der Waals surface area (Å²) in [7, 11) is 0. The van der Waals surface area contributed by atoms with Gasteiger partial charge in [-0.15, -0.1) is 11.3 Å². The molecule has 0 aliphatic rings. The van der Waals surface area contributed by atoms with Crippen molar-refractivity contribution >= 4 is 11.3 Å². The molecule has 7 heteroatoms. The van der Waals surface area contributed by atoms with Crippen molar-refractivity contribution in [1.29, 1.82) is 0 Å². The Hall–Kier alpha value is -1.47. The van der Waals surface area contributed by atoms with Crippen LogP contribution in [0, 0.1) is 42.9 Å². The standard InChI is InChI=1S/C13H9F5OS/c1-4-3-6(5(2)20-4)13(19)7-8(14)10(16)12(18)11(17)9(7)15/h3,13,19H,1-2H3. The highest BCUT2D eigenvalue weighted by molar-refractivity contribution is 7.12. The normalized spacial score (nSPS) is 12.8. The zero-order valence-electron chi connectivity index (χ0n) is 10.4. The molecule has 20 heavy (non-hydrogen) atoms. The van der Waals surface area contributed by atoms with E-state index < -0.39 is 40.8 Å². The van der Waals surface area contributed by atoms with Gasteiger partial charge in [-0.2, -0.15) is 0 Å². The highest BCUT2D eigenvalue weighted by Gasteiger charge is 2.31. The zero-order chi connectivity index (χ0) is 15.2. The van der Waals surface area contributed by atoms with Crippen LogP contribution in [0.1, 0.15) is 27.0 Å². The van der Waals surface area contributed by atoms with Gasteiger partial charge in [-0.1, -0.05) is 0 Å². The average molecular weight is 308 g/mol. The first-order valence-electron chi connectivity index (χ1n) is 5.52. The van der Waals surface area contributed by atoms with Gasteiger partial charge in [0.1, 0.15) is 6.10 Å². The van der Waals surface area contributed by atoms with Crippen LogP contribution in [0.25, 0.3) is 0 Å². The summed E-state index contributed by atoms with van der Waals surface area (Å²) in [5, 5.41) is 9.96. The second kappa shape index (κ2) is 5.14. The van der Waals surface area contributed by atoms with Crippen molar-refractivity contribution in [2.75, 3.05) is 0 Å². The monoisotopic (exact) mass is 308 g/mol. The van der Waals surface area contributed by atoms with E-state index in [9.17, 15) is 27.1 Å². The second-order valence-electron chi connectivity index (χ2n) is 4.25. The van der Waals surface area contributed by atoms with Crippen LogP contribution in [0.2, 0.25) is 0 Å². The van der Waals surface area contributed by atoms with E-state index in [2.05, 4.69) is 0 Å². The predicted molar refractivity (Wildman–Crippen MR) is 64.1 cm³/mol. The summed E-state index contributed by atoms with van der Waals surface area (Å²) < 4.78 is 66.4. The topological polar surface area (TPSA) is 20.2 Å². The maximum atomic E-state index is 13.6. The van der Waals surface area contributed by atoms with Crippen LogP contribution in [0.15, 0.2) is 6.07 Å². The summed E-state index contributed by atoms with van der Waals surface area (Å²) in [5.74, 6) is -10.4. The fourth-order valence-electron chi connectivity index (χ4n) is 1.94. The van der Waals surface area contributed by atoms with Gasteiger partial charge in [0, 0.05) is 9.75 Å². The molecule has 1 atom stereocenters. The summed E-state index contributed by atoms with van der Waals surface area (Å²) in [6.45, 7) is 3.29. The minimum atomic E-state index is -2.24. The molecular weight excluding hydrogens is 299 g/mol. The molecule has 0 aliphatic heterocycles. The molecule has 2 aromatic rings. The average Bonchev–Trinajstić information content (AvgIpc) is 2.73. The Bertz CT molecular complexity index is 651. The van der Waals surface area contributed by atoms with Gasteiger partial charge in [0.2, 0.25) is 5.82 Å². The van der Waals surface area contributed by atoms with Crippen molar-refractivity contribution in [3.63, 3.8) is 0 Å². The third-order valence-electron chi connectivity index (χ3n) is 2.89. The summed E-state index contributed by atoms with van der Waals surface area (Å²) in [5.41, 5.74) is -1.11. The van der Waals surface area contributed by atoms with Gasteiger partial charge in [-0.3, -0.25) is 0 Å². The van der Waals surface area contributed by atoms with Gasteiger partial charge >= 0.3 is 0 Å². The second-order valence-corrected chi connectivity index (χ2v) is 5.72. The molecule has 1 aromatic heterocycles. The van der Waals surface area contributed by atoms with E-state index in [0.717, 1.165) is 4.88 Å². The maximum Gasteiger partial charge on any atom is 0.200 e. The van der Waals surface area contributed by atoms with E-state index in [0.29, 0.717) is 4.88 Å². The van der Waals surface area contributed by atoms with Crippen molar-refractivity contribution in [2.24, 2.45) is 0 Å². The Morgan fingerprint density at radius 1 is 0.900 bits per heavy atom. The number of halogens is 5. The lowest BCUT2D eigenvalue weighted by Crippen LogP contribution is -2.12. The lowest BCUT2D eigenvalue weighted by Gasteiger charge is -2.14. The first-order valence-corrected chi connectivity index (χ1v) is 6.33. The van der Waals surface area contributed by atoms with E-state index in [1.165, 1.54) is 17.4 Å². The Morgan fingerprint density at radius 2 is 1.35 bits per heavy atom. The van der Waals surface area contributed by atoms with Crippen molar-refractivity contribution in [3.05, 3.63) is 56.0 Å². The molecule has 1 aromatic carbocycles. The number of aliphatic hydroxyl groups excluding tert-OH is 1. The van der Waals surface area contributed by atoms with Gasteiger partial charge in [0.25, 0.3) is 0 Å². The van der Waals surface area contributed by atoms with Crippen molar-refractivity contribution in [3.8, 4) is 0 Å². The zero-order valence-corrected chi connectivity index (χ0v) is 11.2. The van der Waals surface area contributed by atoms with Gasteiger partial charge in [0.05, 0.1) is 5.56 Å². The van der Waals surface area contributed by atoms with E-state index in [1.54, 1.807) is 13.8 Å². The molecule has 0 aliphatic carbocycles. The largest absolute Gasteiger partial charge is 0.383 e. The molecule has 0 saturated carbocycles. The molecule has 0 spiro atoms. The molecule has 0 saturated heterocycles. The van der Waals surface area contributed by atoms with E-state index in [4.69, 9.17) is 0 Å². The first-order chi connectivity index (χ1) is 9.25. The van der Waals surface area contributed by atoms with Crippen LogP contribution in [0.3, 0.4) is 0 Å². The lowest BCUT2D eigenvalue weighted by atomic mass is 10.00. The summed E-state index contributed by atoms with van der Waals surface area (Å²) in [4.78, 5) is 1.29. The molecule has 0 amide bonds. The molecule has 1 N–H and O–H groups in total. The van der Waals surface area contributed by atoms with Crippen molar-refractivity contribution in [2.45, 2.75) is 20.0 Å². The van der Waals surface area contributed by atoms with Gasteiger partial charge in [0.15, 0.2) is 23.3 Å². The number of benzene rings is 1. The highest BCUT2D eigenvalue weighted by atomic mass is 32.1. The van der Waals surface area contributed by atoms with Crippen molar-refractivity contribution < 1.29 is 27.1 Å². The molecule has 0 radical (unpaired) electrons. The number of thiophene rings is 1. The fraction of sp³-hybridized carbons (Fsp3) is 0.231. The number of hydrogen-bond acceptors (Lipinski definition) is 2. The number of rotatable bonds is 2. The minimum absolute atomic E-state index is 0.121. The molecule has 108 valence electrons. The molecule has 0 bridgehead atoms. The molecule has 0 fully saturated rings. The molecule has 1 heterocycles.